The molecule has 210 valence electrons. The summed E-state index contributed by atoms with van der Waals surface area (Å²) in [5, 5.41) is 4.72. The van der Waals surface area contributed by atoms with E-state index in [1.165, 1.54) is 60.5 Å². The average molecular weight is 582 g/mol. The van der Waals surface area contributed by atoms with E-state index < -0.39 is 8.80 Å². The van der Waals surface area contributed by atoms with Crippen molar-refractivity contribution < 1.29 is 21.7 Å². The predicted octanol–water partition coefficient (Wildman–Crippen LogP) is 8.64. The Hall–Kier alpha value is -1.93. The first-order valence-corrected chi connectivity index (χ1v) is 16.4. The molecule has 0 bridgehead atoms. The maximum absolute atomic E-state index is 4.02. The monoisotopic (exact) mass is 581 g/mol. The van der Waals surface area contributed by atoms with E-state index in [4.69, 9.17) is 0 Å². The Balaban J connectivity index is 0.00000441. The van der Waals surface area contributed by atoms with Crippen molar-refractivity contribution in [1.29, 1.82) is 0 Å². The molecule has 0 unspecified atom stereocenters. The van der Waals surface area contributed by atoms with E-state index in [0.717, 1.165) is 6.42 Å². The molecule has 0 atom stereocenters. The normalized spacial score (nSPS) is 14.2. The van der Waals surface area contributed by atoms with Gasteiger partial charge in [-0.05, 0) is 44.4 Å². The second-order valence-electron chi connectivity index (χ2n) is 14.4. The number of hydrogen-bond acceptors (Lipinski definition) is 0. The maximum Gasteiger partial charge on any atom is 0.0742 e. The second-order valence-corrected chi connectivity index (χ2v) is 17.3. The number of rotatable bonds is 5. The van der Waals surface area contributed by atoms with Crippen molar-refractivity contribution in [2.24, 2.45) is 5.92 Å². The molecule has 0 spiro atoms. The molecule has 0 nitrogen and oxygen atoms in total. The Bertz CT molecular complexity index is 1330. The van der Waals surface area contributed by atoms with Crippen molar-refractivity contribution in [2.45, 2.75) is 100 Å². The van der Waals surface area contributed by atoms with Gasteiger partial charge in [-0.3, -0.25) is 0 Å². The van der Waals surface area contributed by atoms with Gasteiger partial charge in [-0.1, -0.05) is 148 Å². The van der Waals surface area contributed by atoms with E-state index in [0.29, 0.717) is 5.92 Å². The van der Waals surface area contributed by atoms with Crippen LogP contribution in [0.25, 0.3) is 5.57 Å². The SMILES string of the molecule is Cc1cc(C)cc([SiH](C2=C(C(C)C)[C-]=C(c3cc(C(C)(C)C)cc(C(C)(C)C)c3)C2)c2cc(C)cc(C)c2)c1.[Ti]. The summed E-state index contributed by atoms with van der Waals surface area (Å²) in [6.45, 7) is 27.7. The van der Waals surface area contributed by atoms with E-state index >= 15 is 0 Å². The summed E-state index contributed by atoms with van der Waals surface area (Å²) in [6.07, 6.45) is 5.03. The molecule has 40 heavy (non-hydrogen) atoms. The van der Waals surface area contributed by atoms with Gasteiger partial charge in [-0.2, -0.15) is 22.4 Å². The quantitative estimate of drug-likeness (QED) is 0.209. The van der Waals surface area contributed by atoms with Gasteiger partial charge < -0.3 is 0 Å². The van der Waals surface area contributed by atoms with Crippen LogP contribution in [0.4, 0.5) is 0 Å². The standard InChI is InChI=1S/C38H49Si.Ti/c1-24(2)35-21-30(29-19-31(37(7,8)9)23-32(20-29)38(10,11)12)22-36(35)39(33-15-25(3)13-26(4)16-33)34-17-27(5)14-28(6)18-34;/h13-20,23-24,39H,22H2,1-12H3;/q-1;. The average Bonchev–Trinajstić information content (AvgIpc) is 3.22. The van der Waals surface area contributed by atoms with E-state index in [1.807, 2.05) is 0 Å². The minimum Gasteiger partial charge on any atom is -0.177 e. The molecule has 1 aliphatic rings. The molecule has 0 aliphatic heterocycles. The number of benzene rings is 3. The van der Waals surface area contributed by atoms with E-state index in [-0.39, 0.29) is 32.5 Å². The molecule has 0 amide bonds. The first kappa shape index (κ1) is 32.6. The summed E-state index contributed by atoms with van der Waals surface area (Å²) >= 11 is 0. The molecule has 0 saturated heterocycles. The molecule has 3 aromatic carbocycles. The van der Waals surface area contributed by atoms with Gasteiger partial charge >= 0.3 is 0 Å². The Kier molecular flexibility index (Phi) is 9.88. The maximum atomic E-state index is 4.02. The Morgan fingerprint density at radius 3 is 1.38 bits per heavy atom. The van der Waals surface area contributed by atoms with Crippen molar-refractivity contribution in [3.63, 3.8) is 0 Å². The Labute approximate surface area is 261 Å². The van der Waals surface area contributed by atoms with Crippen LogP contribution in [0, 0.1) is 39.7 Å². The molecule has 2 heteroatoms. The van der Waals surface area contributed by atoms with Crippen LogP contribution in [0.3, 0.4) is 0 Å². The van der Waals surface area contributed by atoms with E-state index in [9.17, 15) is 0 Å². The summed E-state index contributed by atoms with van der Waals surface area (Å²) < 4.78 is 0. The van der Waals surface area contributed by atoms with Crippen molar-refractivity contribution in [2.75, 3.05) is 0 Å². The zero-order valence-electron chi connectivity index (χ0n) is 27.1. The Morgan fingerprint density at radius 1 is 0.625 bits per heavy atom. The summed E-state index contributed by atoms with van der Waals surface area (Å²) in [6, 6.07) is 21.8. The largest absolute Gasteiger partial charge is 0.177 e. The number of hydrogen-bond donors (Lipinski definition) is 0. The smallest absolute Gasteiger partial charge is 0.0742 e. The van der Waals surface area contributed by atoms with Gasteiger partial charge in [-0.15, -0.1) is 17.7 Å². The zero-order valence-corrected chi connectivity index (χ0v) is 29.8. The summed E-state index contributed by atoms with van der Waals surface area (Å²) in [7, 11) is -1.69. The van der Waals surface area contributed by atoms with Gasteiger partial charge in [0.05, 0.1) is 8.80 Å². The molecule has 0 N–H and O–H groups in total. The summed E-state index contributed by atoms with van der Waals surface area (Å²) in [5.74, 6) is 0.442. The van der Waals surface area contributed by atoms with E-state index in [1.54, 1.807) is 5.20 Å². The van der Waals surface area contributed by atoms with Crippen LogP contribution < -0.4 is 10.4 Å². The van der Waals surface area contributed by atoms with Gasteiger partial charge in [0, 0.05) is 21.7 Å². The number of allylic oxidation sites excluding steroid dienone is 4. The van der Waals surface area contributed by atoms with Crippen molar-refractivity contribution in [3.05, 3.63) is 110 Å². The van der Waals surface area contributed by atoms with Crippen LogP contribution in [0.15, 0.2) is 65.4 Å². The van der Waals surface area contributed by atoms with Crippen LogP contribution >= 0.6 is 0 Å². The van der Waals surface area contributed by atoms with Gasteiger partial charge in [0.15, 0.2) is 0 Å². The van der Waals surface area contributed by atoms with Crippen molar-refractivity contribution in [1.82, 2.24) is 0 Å². The molecule has 0 aromatic heterocycles. The molecule has 0 radical (unpaired) electrons. The third-order valence-corrected chi connectivity index (χ3v) is 11.3. The fraction of sp³-hybridized carbons (Fsp3) is 0.421. The molecule has 0 fully saturated rings. The fourth-order valence-corrected chi connectivity index (χ4v) is 10.2. The molecule has 1 aliphatic carbocycles. The summed E-state index contributed by atoms with van der Waals surface area (Å²) in [5.41, 5.74) is 12.6. The fourth-order valence-electron chi connectivity index (χ4n) is 6.14. The van der Waals surface area contributed by atoms with E-state index in [2.05, 4.69) is 144 Å². The minimum absolute atomic E-state index is 0. The van der Waals surface area contributed by atoms with Gasteiger partial charge in [0.25, 0.3) is 0 Å². The van der Waals surface area contributed by atoms with Gasteiger partial charge in [-0.25, -0.2) is 0 Å². The van der Waals surface area contributed by atoms with Crippen LogP contribution in [0.1, 0.15) is 101 Å². The first-order chi connectivity index (χ1) is 18.0. The topological polar surface area (TPSA) is 0 Å². The van der Waals surface area contributed by atoms with Gasteiger partial charge in [0.1, 0.15) is 0 Å². The molecule has 3 aromatic rings. The zero-order chi connectivity index (χ0) is 28.9. The third kappa shape index (κ3) is 7.28. The minimum atomic E-state index is -1.69. The molecule has 0 heterocycles. The van der Waals surface area contributed by atoms with Crippen LogP contribution in [0.5, 0.6) is 0 Å². The number of aryl methyl sites for hydroxylation is 4. The van der Waals surface area contributed by atoms with Crippen molar-refractivity contribution >= 4 is 24.7 Å². The van der Waals surface area contributed by atoms with Crippen LogP contribution in [-0.2, 0) is 32.5 Å². The third-order valence-electron chi connectivity index (χ3n) is 8.09. The molecule has 4 rings (SSSR count). The second kappa shape index (κ2) is 12.1. The Morgan fingerprint density at radius 2 is 1.02 bits per heavy atom. The molecule has 0 saturated carbocycles. The molecular formula is C38H49SiTi-. The first-order valence-electron chi connectivity index (χ1n) is 14.7. The van der Waals surface area contributed by atoms with Crippen LogP contribution in [0.2, 0.25) is 0 Å². The van der Waals surface area contributed by atoms with Crippen LogP contribution in [-0.4, -0.2) is 8.80 Å². The summed E-state index contributed by atoms with van der Waals surface area (Å²) in [4.78, 5) is 0. The van der Waals surface area contributed by atoms with Gasteiger partial charge in [0.2, 0.25) is 0 Å². The predicted molar refractivity (Wildman–Crippen MR) is 175 cm³/mol. The molecular weight excluding hydrogens is 532 g/mol. The van der Waals surface area contributed by atoms with Crippen molar-refractivity contribution in [3.8, 4) is 0 Å².